The van der Waals surface area contributed by atoms with Crippen LogP contribution in [0, 0.1) is 0 Å². The lowest BCUT2D eigenvalue weighted by molar-refractivity contribution is 0.476. The first kappa shape index (κ1) is 14.0. The van der Waals surface area contributed by atoms with Crippen molar-refractivity contribution in [1.82, 2.24) is 0 Å². The molecule has 124 valence electrons. The molecule has 26 heavy (non-hydrogen) atoms. The molecule has 0 saturated heterocycles. The number of rotatable bonds is 0. The van der Waals surface area contributed by atoms with Crippen molar-refractivity contribution < 1.29 is 13.9 Å². The third kappa shape index (κ3) is 1.83. The lowest BCUT2D eigenvalue weighted by Crippen LogP contribution is -1.73. The van der Waals surface area contributed by atoms with Gasteiger partial charge in [-0.05, 0) is 59.3 Å². The predicted octanol–water partition coefficient (Wildman–Crippen LogP) is 7.00. The van der Waals surface area contributed by atoms with Crippen molar-refractivity contribution in [2.45, 2.75) is 0 Å². The first-order valence-corrected chi connectivity index (χ1v) is 8.64. The molecule has 6 rings (SSSR count). The van der Waals surface area contributed by atoms with E-state index in [9.17, 15) is 5.11 Å². The standard InChI is InChI=1S/C22H11ClO3/c23-13-2-4-15-17-9-22-18(10-21(17)26-20(15)8-13)16-6-11-1-3-14(24)5-12(11)7-19(16)25-22/h1-10,24H. The van der Waals surface area contributed by atoms with E-state index in [1.54, 1.807) is 12.1 Å². The van der Waals surface area contributed by atoms with Crippen molar-refractivity contribution in [1.29, 1.82) is 0 Å². The Morgan fingerprint density at radius 3 is 2.04 bits per heavy atom. The fraction of sp³-hybridized carbons (Fsp3) is 0. The molecule has 4 heteroatoms. The van der Waals surface area contributed by atoms with Crippen LogP contribution in [-0.2, 0) is 0 Å². The molecule has 3 nitrogen and oxygen atoms in total. The number of phenolic OH excluding ortho intramolecular Hbond substituents is 1. The smallest absolute Gasteiger partial charge is 0.136 e. The van der Waals surface area contributed by atoms with E-state index in [0.29, 0.717) is 5.02 Å². The molecular weight excluding hydrogens is 348 g/mol. The maximum Gasteiger partial charge on any atom is 0.136 e. The molecule has 0 saturated carbocycles. The van der Waals surface area contributed by atoms with Crippen LogP contribution in [-0.4, -0.2) is 5.11 Å². The molecule has 1 N–H and O–H groups in total. The van der Waals surface area contributed by atoms with Gasteiger partial charge in [0.15, 0.2) is 0 Å². The van der Waals surface area contributed by atoms with Gasteiger partial charge in [-0.2, -0.15) is 0 Å². The fourth-order valence-electron chi connectivity index (χ4n) is 3.75. The summed E-state index contributed by atoms with van der Waals surface area (Å²) in [6, 6.07) is 19.1. The van der Waals surface area contributed by atoms with E-state index < -0.39 is 0 Å². The summed E-state index contributed by atoms with van der Waals surface area (Å²) in [6.45, 7) is 0. The summed E-state index contributed by atoms with van der Waals surface area (Å²) < 4.78 is 12.1. The van der Waals surface area contributed by atoms with Gasteiger partial charge in [0.1, 0.15) is 28.1 Å². The summed E-state index contributed by atoms with van der Waals surface area (Å²) in [4.78, 5) is 0. The highest BCUT2D eigenvalue weighted by molar-refractivity contribution is 6.31. The molecule has 2 heterocycles. The molecule has 0 bridgehead atoms. The number of aromatic hydroxyl groups is 1. The summed E-state index contributed by atoms with van der Waals surface area (Å²) in [5, 5.41) is 16.4. The van der Waals surface area contributed by atoms with Gasteiger partial charge in [0.05, 0.1) is 0 Å². The fourth-order valence-corrected chi connectivity index (χ4v) is 3.91. The minimum Gasteiger partial charge on any atom is -0.508 e. The van der Waals surface area contributed by atoms with E-state index in [1.807, 2.05) is 42.5 Å². The SMILES string of the molecule is Oc1ccc2cc3c(cc2c1)oc1cc2c(cc13)oc1cc(Cl)ccc12. The number of hydrogen-bond donors (Lipinski definition) is 1. The lowest BCUT2D eigenvalue weighted by Gasteiger charge is -1.99. The molecule has 0 atom stereocenters. The average molecular weight is 359 g/mol. The van der Waals surface area contributed by atoms with Crippen molar-refractivity contribution in [3.8, 4) is 5.75 Å². The number of fused-ring (bicyclic) bond motifs is 7. The molecule has 4 aromatic carbocycles. The van der Waals surface area contributed by atoms with Crippen LogP contribution in [0.3, 0.4) is 0 Å². The van der Waals surface area contributed by atoms with Gasteiger partial charge in [-0.1, -0.05) is 17.7 Å². The van der Waals surface area contributed by atoms with Gasteiger partial charge in [-0.15, -0.1) is 0 Å². The van der Waals surface area contributed by atoms with Crippen molar-refractivity contribution in [2.75, 3.05) is 0 Å². The third-order valence-electron chi connectivity index (χ3n) is 4.97. The number of furan rings is 2. The van der Waals surface area contributed by atoms with E-state index in [0.717, 1.165) is 54.6 Å². The van der Waals surface area contributed by atoms with Crippen molar-refractivity contribution in [3.05, 3.63) is 65.7 Å². The molecule has 0 aliphatic carbocycles. The van der Waals surface area contributed by atoms with Gasteiger partial charge < -0.3 is 13.9 Å². The van der Waals surface area contributed by atoms with E-state index >= 15 is 0 Å². The van der Waals surface area contributed by atoms with Crippen LogP contribution in [0.25, 0.3) is 54.6 Å². The highest BCUT2D eigenvalue weighted by Crippen LogP contribution is 2.38. The van der Waals surface area contributed by atoms with Crippen LogP contribution >= 0.6 is 11.6 Å². The first-order chi connectivity index (χ1) is 12.7. The monoisotopic (exact) mass is 358 g/mol. The van der Waals surface area contributed by atoms with Gasteiger partial charge in [-0.3, -0.25) is 0 Å². The number of phenols is 1. The van der Waals surface area contributed by atoms with Crippen LogP contribution < -0.4 is 0 Å². The second-order valence-electron chi connectivity index (χ2n) is 6.57. The zero-order valence-corrected chi connectivity index (χ0v) is 14.2. The average Bonchev–Trinajstić information content (AvgIpc) is 3.14. The highest BCUT2D eigenvalue weighted by Gasteiger charge is 2.14. The van der Waals surface area contributed by atoms with Gasteiger partial charge in [0.25, 0.3) is 0 Å². The normalized spacial score (nSPS) is 12.2. The largest absolute Gasteiger partial charge is 0.508 e. The molecule has 6 aromatic rings. The molecule has 0 amide bonds. The van der Waals surface area contributed by atoms with E-state index in [2.05, 4.69) is 6.07 Å². The molecule has 0 unspecified atom stereocenters. The van der Waals surface area contributed by atoms with Crippen LogP contribution in [0.1, 0.15) is 0 Å². The maximum absolute atomic E-state index is 9.71. The summed E-state index contributed by atoms with van der Waals surface area (Å²) in [6.07, 6.45) is 0. The topological polar surface area (TPSA) is 46.5 Å². The molecule has 0 aliphatic rings. The van der Waals surface area contributed by atoms with Crippen LogP contribution in [0.4, 0.5) is 0 Å². The van der Waals surface area contributed by atoms with Crippen LogP contribution in [0.15, 0.2) is 69.5 Å². The summed E-state index contributed by atoms with van der Waals surface area (Å²) >= 11 is 6.08. The summed E-state index contributed by atoms with van der Waals surface area (Å²) in [7, 11) is 0. The number of halogens is 1. The zero-order valence-electron chi connectivity index (χ0n) is 13.4. The quantitative estimate of drug-likeness (QED) is 0.318. The third-order valence-corrected chi connectivity index (χ3v) is 5.20. The molecule has 0 spiro atoms. The Labute approximate surface area is 152 Å². The highest BCUT2D eigenvalue weighted by atomic mass is 35.5. The lowest BCUT2D eigenvalue weighted by atomic mass is 10.0. The Bertz CT molecular complexity index is 1500. The van der Waals surface area contributed by atoms with Crippen molar-refractivity contribution >= 4 is 66.3 Å². The molecule has 2 aromatic heterocycles. The predicted molar refractivity (Wildman–Crippen MR) is 105 cm³/mol. The Morgan fingerprint density at radius 1 is 0.577 bits per heavy atom. The van der Waals surface area contributed by atoms with E-state index in [-0.39, 0.29) is 5.75 Å². The zero-order chi connectivity index (χ0) is 17.4. The van der Waals surface area contributed by atoms with Crippen LogP contribution in [0.5, 0.6) is 5.75 Å². The maximum atomic E-state index is 9.71. The van der Waals surface area contributed by atoms with Gasteiger partial charge in [0, 0.05) is 32.6 Å². The second kappa shape index (κ2) is 4.71. The minimum absolute atomic E-state index is 0.246. The number of benzene rings is 4. The first-order valence-electron chi connectivity index (χ1n) is 8.26. The van der Waals surface area contributed by atoms with Gasteiger partial charge >= 0.3 is 0 Å². The Hall–Kier alpha value is -3.17. The molecule has 0 aliphatic heterocycles. The van der Waals surface area contributed by atoms with E-state index in [4.69, 9.17) is 20.4 Å². The Morgan fingerprint density at radius 2 is 1.23 bits per heavy atom. The number of hydrogen-bond acceptors (Lipinski definition) is 3. The Balaban J connectivity index is 1.75. The summed E-state index contributed by atoms with van der Waals surface area (Å²) in [5.41, 5.74) is 3.18. The second-order valence-corrected chi connectivity index (χ2v) is 7.01. The van der Waals surface area contributed by atoms with E-state index in [1.165, 1.54) is 0 Å². The van der Waals surface area contributed by atoms with Gasteiger partial charge in [0.2, 0.25) is 0 Å². The molecular formula is C22H11ClO3. The van der Waals surface area contributed by atoms with Crippen molar-refractivity contribution in [3.63, 3.8) is 0 Å². The minimum atomic E-state index is 0.246. The van der Waals surface area contributed by atoms with Crippen LogP contribution in [0.2, 0.25) is 5.02 Å². The summed E-state index contributed by atoms with van der Waals surface area (Å²) in [5.74, 6) is 0.246. The Kier molecular flexibility index (Phi) is 2.55. The van der Waals surface area contributed by atoms with Crippen molar-refractivity contribution in [2.24, 2.45) is 0 Å². The molecule has 0 radical (unpaired) electrons. The molecule has 0 fully saturated rings. The van der Waals surface area contributed by atoms with Gasteiger partial charge in [-0.25, -0.2) is 0 Å².